The topological polar surface area (TPSA) is 173 Å². The fourth-order valence-corrected chi connectivity index (χ4v) is 12.2. The number of esters is 1. The first-order valence-electron chi connectivity index (χ1n) is 28.6. The molecule has 4 aromatic heterocycles. The highest BCUT2D eigenvalue weighted by atomic mass is 32.2. The molecular formula is C59H78F2N8O8S. The van der Waals surface area contributed by atoms with E-state index < -0.39 is 0 Å². The van der Waals surface area contributed by atoms with Crippen molar-refractivity contribution in [3.05, 3.63) is 114 Å². The molecule has 4 aliphatic rings. The van der Waals surface area contributed by atoms with E-state index in [1.165, 1.54) is 49.9 Å². The number of likely N-dealkylation sites (tertiary alicyclic amines) is 2. The summed E-state index contributed by atoms with van der Waals surface area (Å²) in [4.78, 5) is 53.4. The summed E-state index contributed by atoms with van der Waals surface area (Å²) < 4.78 is 58.5. The van der Waals surface area contributed by atoms with Gasteiger partial charge in [-0.2, -0.15) is 0 Å². The number of halogens is 2. The lowest BCUT2D eigenvalue weighted by Crippen LogP contribution is -2.38. The molecule has 6 aromatic rings. The molecule has 0 aliphatic carbocycles. The van der Waals surface area contributed by atoms with E-state index in [-0.39, 0.29) is 53.6 Å². The van der Waals surface area contributed by atoms with Crippen LogP contribution in [0.25, 0.3) is 21.9 Å². The van der Waals surface area contributed by atoms with Crippen molar-refractivity contribution in [2.75, 3.05) is 58.3 Å². The Labute approximate surface area is 459 Å². The Bertz CT molecular complexity index is 3070. The molecule has 2 unspecified atom stereocenters. The Balaban J connectivity index is 0.000000196. The molecule has 422 valence electrons. The Morgan fingerprint density at radius 2 is 1.13 bits per heavy atom. The number of carbonyl (C=O) groups excluding carboxylic acids is 1. The summed E-state index contributed by atoms with van der Waals surface area (Å²) in [7, 11) is 0. The van der Waals surface area contributed by atoms with Gasteiger partial charge in [-0.15, -0.1) is 11.8 Å². The number of benzene rings is 2. The number of unbranched alkanes of at least 4 members (excludes halogenated alkanes) is 6. The van der Waals surface area contributed by atoms with E-state index in [4.69, 9.17) is 33.2 Å². The number of aryl methyl sites for hydroxylation is 2. The minimum Gasteiger partial charge on any atom is -0.438 e. The van der Waals surface area contributed by atoms with Gasteiger partial charge in [0.15, 0.2) is 18.0 Å². The van der Waals surface area contributed by atoms with E-state index in [9.17, 15) is 23.2 Å². The van der Waals surface area contributed by atoms with E-state index >= 15 is 0 Å². The van der Waals surface area contributed by atoms with Crippen molar-refractivity contribution in [3.63, 3.8) is 0 Å². The summed E-state index contributed by atoms with van der Waals surface area (Å²) in [6.45, 7) is 12.5. The van der Waals surface area contributed by atoms with Gasteiger partial charge < -0.3 is 33.1 Å². The summed E-state index contributed by atoms with van der Waals surface area (Å²) in [5, 5.41) is 10.3. The van der Waals surface area contributed by atoms with Gasteiger partial charge in [0.05, 0.1) is 17.3 Å². The van der Waals surface area contributed by atoms with Crippen molar-refractivity contribution >= 4 is 39.7 Å². The number of hydrogen-bond acceptors (Lipinski definition) is 15. The second-order valence-corrected chi connectivity index (χ2v) is 22.5. The lowest BCUT2D eigenvalue weighted by molar-refractivity contribution is -0.163. The predicted molar refractivity (Wildman–Crippen MR) is 297 cm³/mol. The lowest BCUT2D eigenvalue weighted by atomic mass is 9.91. The molecule has 8 heterocycles. The number of rotatable bonds is 22. The molecule has 2 aromatic carbocycles. The molecule has 0 spiro atoms. The molecule has 2 atom stereocenters. The lowest BCUT2D eigenvalue weighted by Gasteiger charge is -2.31. The highest BCUT2D eigenvalue weighted by Gasteiger charge is 2.31. The fraction of sp³-hybridized carbons (Fsp3) is 0.610. The standard InChI is InChI=1S/C34H47FN4O5.C25H31FN4O3S/c1-3-4-5-6-7-8-9-12-31(40)43-23-42-29-11-10-18-39-33(29)36-24(2)27(34(39)41)17-21-38-19-15-25(16-20-38)32-28-14-13-26(35)22-30(28)44-37-32;1-16-19(25(31)30-10-3-4-21(24(30)27-16)32-15-34-2)9-13-29-11-7-17(8-12-29)23-20-6-5-18(26)14-22(20)33-28-23/h13-14,22,25,29H,3-12,15-21,23H2,1-2H3;5-6,14,17,21H,3-4,7-13,15H2,1-2H3. The van der Waals surface area contributed by atoms with Crippen LogP contribution in [0.5, 0.6) is 0 Å². The first-order valence-corrected chi connectivity index (χ1v) is 30.0. The van der Waals surface area contributed by atoms with Gasteiger partial charge in [0.1, 0.15) is 35.5 Å². The molecule has 0 bridgehead atoms. The second-order valence-electron chi connectivity index (χ2n) is 21.6. The van der Waals surface area contributed by atoms with Crippen LogP contribution >= 0.6 is 11.8 Å². The zero-order valence-corrected chi connectivity index (χ0v) is 46.9. The van der Waals surface area contributed by atoms with Gasteiger partial charge in [0.2, 0.25) is 0 Å². The van der Waals surface area contributed by atoms with Gasteiger partial charge in [-0.3, -0.25) is 23.5 Å². The molecule has 78 heavy (non-hydrogen) atoms. The molecule has 4 aliphatic heterocycles. The molecule has 2 saturated heterocycles. The molecule has 0 N–H and O–H groups in total. The van der Waals surface area contributed by atoms with Crippen LogP contribution in [0.4, 0.5) is 8.78 Å². The van der Waals surface area contributed by atoms with E-state index in [1.54, 1.807) is 28.5 Å². The molecule has 0 saturated carbocycles. The number of ether oxygens (including phenoxy) is 3. The Morgan fingerprint density at radius 3 is 1.62 bits per heavy atom. The molecule has 0 radical (unpaired) electrons. The van der Waals surface area contributed by atoms with Crippen molar-refractivity contribution in [1.29, 1.82) is 0 Å². The first-order chi connectivity index (χ1) is 38.0. The summed E-state index contributed by atoms with van der Waals surface area (Å²) in [6, 6.07) is 9.21. The van der Waals surface area contributed by atoms with Crippen molar-refractivity contribution in [1.82, 2.24) is 39.2 Å². The maximum atomic E-state index is 13.5. The third-order valence-electron chi connectivity index (χ3n) is 16.4. The average Bonchev–Trinajstić information content (AvgIpc) is 4.15. The largest absolute Gasteiger partial charge is 0.438 e. The zero-order valence-electron chi connectivity index (χ0n) is 46.1. The number of hydrogen-bond donors (Lipinski definition) is 0. The number of piperidine rings is 2. The van der Waals surface area contributed by atoms with Gasteiger partial charge in [0, 0.05) is 89.9 Å². The number of nitrogens with zero attached hydrogens (tertiary/aromatic N) is 8. The zero-order chi connectivity index (χ0) is 54.5. The van der Waals surface area contributed by atoms with Crippen molar-refractivity contribution in [3.8, 4) is 0 Å². The van der Waals surface area contributed by atoms with Crippen LogP contribution in [-0.2, 0) is 44.9 Å². The molecule has 2 fully saturated rings. The number of carbonyl (C=O) groups is 1. The minimum absolute atomic E-state index is 0.00733. The van der Waals surface area contributed by atoms with Gasteiger partial charge in [-0.1, -0.05) is 55.8 Å². The highest BCUT2D eigenvalue weighted by Crippen LogP contribution is 2.35. The van der Waals surface area contributed by atoms with Crippen LogP contribution in [0.1, 0.15) is 179 Å². The maximum absolute atomic E-state index is 13.5. The number of aromatic nitrogens is 6. The first kappa shape index (κ1) is 57.3. The van der Waals surface area contributed by atoms with E-state index in [1.807, 2.05) is 24.7 Å². The van der Waals surface area contributed by atoms with Crippen molar-refractivity contribution in [2.45, 2.75) is 173 Å². The molecule has 19 heteroatoms. The van der Waals surface area contributed by atoms with E-state index in [0.717, 1.165) is 160 Å². The Kier molecular flexibility index (Phi) is 20.4. The summed E-state index contributed by atoms with van der Waals surface area (Å²) in [5.41, 5.74) is 6.08. The van der Waals surface area contributed by atoms with Gasteiger partial charge in [-0.05, 0) is 141 Å². The Morgan fingerprint density at radius 1 is 0.654 bits per heavy atom. The number of fused-ring (bicyclic) bond motifs is 4. The van der Waals surface area contributed by atoms with Crippen molar-refractivity contribution in [2.24, 2.45) is 0 Å². The smallest absolute Gasteiger partial charge is 0.307 e. The van der Waals surface area contributed by atoms with Gasteiger partial charge in [-0.25, -0.2) is 18.7 Å². The highest BCUT2D eigenvalue weighted by molar-refractivity contribution is 7.98. The third-order valence-corrected chi connectivity index (χ3v) is 16.7. The summed E-state index contributed by atoms with van der Waals surface area (Å²) in [6.07, 6.45) is 18.6. The van der Waals surface area contributed by atoms with Gasteiger partial charge >= 0.3 is 5.97 Å². The van der Waals surface area contributed by atoms with Crippen LogP contribution in [0.2, 0.25) is 0 Å². The molecular weight excluding hydrogens is 1020 g/mol. The fourth-order valence-electron chi connectivity index (χ4n) is 11.9. The average molecular weight is 1100 g/mol. The van der Waals surface area contributed by atoms with Gasteiger partial charge in [0.25, 0.3) is 11.1 Å². The van der Waals surface area contributed by atoms with Crippen LogP contribution in [-0.4, -0.2) is 103 Å². The number of thioether (sulfide) groups is 1. The molecule has 0 amide bonds. The normalized spacial score (nSPS) is 18.5. The minimum atomic E-state index is -0.362. The van der Waals surface area contributed by atoms with Crippen LogP contribution in [0.15, 0.2) is 55.0 Å². The third kappa shape index (κ3) is 14.2. The molecule has 10 rings (SSSR count). The second kappa shape index (κ2) is 27.7. The quantitative estimate of drug-likeness (QED) is 0.0357. The molecule has 16 nitrogen and oxygen atoms in total. The van der Waals surface area contributed by atoms with Crippen LogP contribution in [0.3, 0.4) is 0 Å². The van der Waals surface area contributed by atoms with E-state index in [2.05, 4.69) is 27.0 Å². The SMILES string of the molecule is CCCCCCCCCC(=O)OCOC1CCCn2c1nc(C)c(CCN1CCC(c3noc4cc(F)ccc34)CC1)c2=O.CSCOC1CCCn2c1nc(C)c(CCN1CCC(c3noc4cc(F)ccc34)CC1)c2=O. The summed E-state index contributed by atoms with van der Waals surface area (Å²) in [5.74, 6) is 1.73. The predicted octanol–water partition coefficient (Wildman–Crippen LogP) is 11.2. The summed E-state index contributed by atoms with van der Waals surface area (Å²) >= 11 is 1.64. The maximum Gasteiger partial charge on any atom is 0.307 e. The van der Waals surface area contributed by atoms with Crippen LogP contribution < -0.4 is 11.1 Å². The van der Waals surface area contributed by atoms with Crippen LogP contribution in [0, 0.1) is 25.5 Å². The Hall–Kier alpha value is -5.34. The van der Waals surface area contributed by atoms with E-state index in [0.29, 0.717) is 61.2 Å². The monoisotopic (exact) mass is 1100 g/mol. The van der Waals surface area contributed by atoms with Crippen molar-refractivity contribution < 1.29 is 36.8 Å².